The lowest BCUT2D eigenvalue weighted by Crippen LogP contribution is -2.59. The molecule has 1 aliphatic rings. The number of hydrogen-bond donors (Lipinski definition) is 1. The zero-order valence-corrected chi connectivity index (χ0v) is 15.3. The molecule has 1 aromatic carbocycles. The van der Waals surface area contributed by atoms with E-state index in [1.807, 2.05) is 12.1 Å². The maximum absolute atomic E-state index is 5.51. The Balaban J connectivity index is 2.15. The summed E-state index contributed by atoms with van der Waals surface area (Å²) < 4.78 is 6.61. The van der Waals surface area contributed by atoms with Crippen molar-refractivity contribution in [2.24, 2.45) is 5.41 Å². The molecule has 1 saturated heterocycles. The van der Waals surface area contributed by atoms with Gasteiger partial charge in [-0.2, -0.15) is 0 Å². The van der Waals surface area contributed by atoms with Crippen LogP contribution in [0.1, 0.15) is 33.3 Å². The van der Waals surface area contributed by atoms with Crippen LogP contribution in [-0.4, -0.2) is 37.2 Å². The molecule has 1 aromatic rings. The molecule has 0 radical (unpaired) electrons. The van der Waals surface area contributed by atoms with Gasteiger partial charge in [-0.1, -0.05) is 36.7 Å². The normalized spacial score (nSPS) is 24.1. The predicted octanol–water partition coefficient (Wildman–Crippen LogP) is 3.67. The minimum Gasteiger partial charge on any atom is -0.496 e. The molecule has 1 fully saturated rings. The lowest BCUT2D eigenvalue weighted by atomic mass is 9.84. The number of rotatable bonds is 3. The Hall–Kier alpha value is -0.580. The summed E-state index contributed by atoms with van der Waals surface area (Å²) in [6.07, 6.45) is 0. The quantitative estimate of drug-likeness (QED) is 0.896. The molecule has 0 amide bonds. The van der Waals surface area contributed by atoms with Gasteiger partial charge in [-0.3, -0.25) is 4.90 Å². The molecule has 0 spiro atoms. The van der Waals surface area contributed by atoms with Gasteiger partial charge in [0.15, 0.2) is 0 Å². The van der Waals surface area contributed by atoms with E-state index in [4.69, 9.17) is 4.74 Å². The Morgan fingerprint density at radius 2 is 2.10 bits per heavy atom. The van der Waals surface area contributed by atoms with Crippen molar-refractivity contribution in [1.29, 1.82) is 0 Å². The van der Waals surface area contributed by atoms with Crippen LogP contribution in [-0.2, 0) is 6.54 Å². The van der Waals surface area contributed by atoms with Crippen molar-refractivity contribution >= 4 is 15.9 Å². The molecule has 21 heavy (non-hydrogen) atoms. The average molecular weight is 355 g/mol. The highest BCUT2D eigenvalue weighted by Gasteiger charge is 2.32. The van der Waals surface area contributed by atoms with E-state index in [1.165, 1.54) is 5.56 Å². The molecule has 1 N–H and O–H groups in total. The third-order valence-corrected chi connectivity index (χ3v) is 4.85. The van der Waals surface area contributed by atoms with Crippen molar-refractivity contribution in [2.75, 3.05) is 20.2 Å². The summed E-state index contributed by atoms with van der Waals surface area (Å²) in [4.78, 5) is 2.55. The van der Waals surface area contributed by atoms with Crippen molar-refractivity contribution in [2.45, 2.75) is 46.3 Å². The lowest BCUT2D eigenvalue weighted by molar-refractivity contribution is 0.0870. The van der Waals surface area contributed by atoms with Gasteiger partial charge in [-0.05, 0) is 30.5 Å². The molecule has 3 nitrogen and oxygen atoms in total. The van der Waals surface area contributed by atoms with E-state index in [-0.39, 0.29) is 5.41 Å². The molecule has 4 heteroatoms. The summed E-state index contributed by atoms with van der Waals surface area (Å²) >= 11 is 3.56. The number of piperazine rings is 1. The number of hydrogen-bond acceptors (Lipinski definition) is 3. The fourth-order valence-electron chi connectivity index (χ4n) is 2.81. The largest absolute Gasteiger partial charge is 0.496 e. The molecule has 118 valence electrons. The molecule has 2 unspecified atom stereocenters. The van der Waals surface area contributed by atoms with Gasteiger partial charge in [0.05, 0.1) is 7.11 Å². The lowest BCUT2D eigenvalue weighted by Gasteiger charge is -2.44. The Bertz CT molecular complexity index is 484. The summed E-state index contributed by atoms with van der Waals surface area (Å²) in [6, 6.07) is 7.29. The van der Waals surface area contributed by atoms with Crippen LogP contribution in [0.3, 0.4) is 0 Å². The fourth-order valence-corrected chi connectivity index (χ4v) is 3.22. The average Bonchev–Trinajstić information content (AvgIpc) is 2.40. The Labute approximate surface area is 137 Å². The van der Waals surface area contributed by atoms with E-state index in [0.717, 1.165) is 29.9 Å². The highest BCUT2D eigenvalue weighted by molar-refractivity contribution is 9.10. The number of nitrogens with zero attached hydrogens (tertiary/aromatic N) is 1. The van der Waals surface area contributed by atoms with Gasteiger partial charge in [-0.25, -0.2) is 0 Å². The smallest absolute Gasteiger partial charge is 0.123 e. The SMILES string of the molecule is COc1ccc(Br)cc1CN1CC(C(C)(C)C)NCC1C. The van der Waals surface area contributed by atoms with Crippen LogP contribution in [0, 0.1) is 5.41 Å². The molecule has 0 aliphatic carbocycles. The van der Waals surface area contributed by atoms with E-state index < -0.39 is 0 Å². The minimum absolute atomic E-state index is 0.278. The Morgan fingerprint density at radius 3 is 2.71 bits per heavy atom. The van der Waals surface area contributed by atoms with Crippen molar-refractivity contribution in [1.82, 2.24) is 10.2 Å². The number of halogens is 1. The third-order valence-electron chi connectivity index (χ3n) is 4.36. The standard InChI is InChI=1S/C17H27BrN2O/c1-12-9-19-16(17(2,3)4)11-20(12)10-13-8-14(18)6-7-15(13)21-5/h6-8,12,16,19H,9-11H2,1-5H3. The van der Waals surface area contributed by atoms with Crippen LogP contribution in [0.4, 0.5) is 0 Å². The predicted molar refractivity (Wildman–Crippen MR) is 91.8 cm³/mol. The van der Waals surface area contributed by atoms with Gasteiger partial charge in [0, 0.05) is 41.8 Å². The second-order valence-electron chi connectivity index (χ2n) is 7.06. The van der Waals surface area contributed by atoms with E-state index in [2.05, 4.69) is 59.9 Å². The van der Waals surface area contributed by atoms with Crippen LogP contribution < -0.4 is 10.1 Å². The van der Waals surface area contributed by atoms with E-state index in [9.17, 15) is 0 Å². The molecule has 2 rings (SSSR count). The summed E-state index contributed by atoms with van der Waals surface area (Å²) in [7, 11) is 1.74. The van der Waals surface area contributed by atoms with E-state index in [0.29, 0.717) is 12.1 Å². The zero-order valence-electron chi connectivity index (χ0n) is 13.7. The monoisotopic (exact) mass is 354 g/mol. The minimum atomic E-state index is 0.278. The van der Waals surface area contributed by atoms with Crippen LogP contribution in [0.25, 0.3) is 0 Å². The van der Waals surface area contributed by atoms with E-state index >= 15 is 0 Å². The van der Waals surface area contributed by atoms with Gasteiger partial charge in [0.25, 0.3) is 0 Å². The van der Waals surface area contributed by atoms with Gasteiger partial charge >= 0.3 is 0 Å². The van der Waals surface area contributed by atoms with Gasteiger partial charge in [0.2, 0.25) is 0 Å². The summed E-state index contributed by atoms with van der Waals surface area (Å²) in [6.45, 7) is 12.2. The van der Waals surface area contributed by atoms with Crippen LogP contribution >= 0.6 is 15.9 Å². The second-order valence-corrected chi connectivity index (χ2v) is 7.98. The van der Waals surface area contributed by atoms with Crippen molar-refractivity contribution < 1.29 is 4.74 Å². The van der Waals surface area contributed by atoms with Gasteiger partial charge in [0.1, 0.15) is 5.75 Å². The number of ether oxygens (including phenoxy) is 1. The summed E-state index contributed by atoms with van der Waals surface area (Å²) in [5.41, 5.74) is 1.52. The first-order chi connectivity index (χ1) is 9.81. The van der Waals surface area contributed by atoms with Crippen molar-refractivity contribution in [3.63, 3.8) is 0 Å². The first-order valence-corrected chi connectivity index (χ1v) is 8.40. The van der Waals surface area contributed by atoms with Gasteiger partial charge in [-0.15, -0.1) is 0 Å². The molecular formula is C17H27BrN2O. The summed E-state index contributed by atoms with van der Waals surface area (Å²) in [5.74, 6) is 0.969. The molecular weight excluding hydrogens is 328 g/mol. The molecule has 2 atom stereocenters. The van der Waals surface area contributed by atoms with Gasteiger partial charge < -0.3 is 10.1 Å². The topological polar surface area (TPSA) is 24.5 Å². The highest BCUT2D eigenvalue weighted by Crippen LogP contribution is 2.28. The number of benzene rings is 1. The number of methoxy groups -OCH3 is 1. The second kappa shape index (κ2) is 6.67. The van der Waals surface area contributed by atoms with Crippen molar-refractivity contribution in [3.8, 4) is 5.75 Å². The third kappa shape index (κ3) is 4.21. The molecule has 0 saturated carbocycles. The summed E-state index contributed by atoms with van der Waals surface area (Å²) in [5, 5.41) is 3.68. The highest BCUT2D eigenvalue weighted by atomic mass is 79.9. The molecule has 1 heterocycles. The van der Waals surface area contributed by atoms with Crippen LogP contribution in [0.5, 0.6) is 5.75 Å². The maximum Gasteiger partial charge on any atom is 0.123 e. The fraction of sp³-hybridized carbons (Fsp3) is 0.647. The maximum atomic E-state index is 5.51. The number of nitrogens with one attached hydrogen (secondary N) is 1. The Kier molecular flexibility index (Phi) is 5.33. The van der Waals surface area contributed by atoms with Crippen molar-refractivity contribution in [3.05, 3.63) is 28.2 Å². The van der Waals surface area contributed by atoms with E-state index in [1.54, 1.807) is 7.11 Å². The van der Waals surface area contributed by atoms with Crippen LogP contribution in [0.15, 0.2) is 22.7 Å². The molecule has 1 aliphatic heterocycles. The zero-order chi connectivity index (χ0) is 15.6. The first-order valence-electron chi connectivity index (χ1n) is 7.61. The Morgan fingerprint density at radius 1 is 1.38 bits per heavy atom. The first kappa shape index (κ1) is 16.8. The molecule has 0 aromatic heterocycles. The molecule has 0 bridgehead atoms. The van der Waals surface area contributed by atoms with Crippen LogP contribution in [0.2, 0.25) is 0 Å².